The van der Waals surface area contributed by atoms with Crippen LogP contribution in [0.3, 0.4) is 0 Å². The molecule has 0 fully saturated rings. The molecular formula is C28H30N4O4. The lowest BCUT2D eigenvalue weighted by Crippen LogP contribution is -2.33. The monoisotopic (exact) mass is 486 g/mol. The molecule has 8 nitrogen and oxygen atoms in total. The van der Waals surface area contributed by atoms with Gasteiger partial charge in [-0.05, 0) is 74.9 Å². The largest absolute Gasteiger partial charge is 0.508 e. The first-order valence-corrected chi connectivity index (χ1v) is 11.6. The number of aromatic hydroxyl groups is 2. The Kier molecular flexibility index (Phi) is 8.83. The summed E-state index contributed by atoms with van der Waals surface area (Å²) in [6, 6.07) is 20.2. The number of anilines is 1. The van der Waals surface area contributed by atoms with Crippen molar-refractivity contribution in [3.05, 3.63) is 95.2 Å². The van der Waals surface area contributed by atoms with E-state index >= 15 is 0 Å². The second-order valence-corrected chi connectivity index (χ2v) is 7.98. The van der Waals surface area contributed by atoms with E-state index in [-0.39, 0.29) is 28.5 Å². The molecule has 0 saturated heterocycles. The normalized spacial score (nSPS) is 11.6. The quantitative estimate of drug-likeness (QED) is 0.156. The Hall–Kier alpha value is -4.59. The Morgan fingerprint density at radius 3 is 2.25 bits per heavy atom. The van der Waals surface area contributed by atoms with Crippen molar-refractivity contribution in [3.63, 3.8) is 0 Å². The van der Waals surface area contributed by atoms with E-state index in [1.165, 1.54) is 18.2 Å². The van der Waals surface area contributed by atoms with Gasteiger partial charge in [0.2, 0.25) is 0 Å². The van der Waals surface area contributed by atoms with Gasteiger partial charge in [0, 0.05) is 29.9 Å². The Balaban J connectivity index is 1.88. The first-order valence-electron chi connectivity index (χ1n) is 11.6. The highest BCUT2D eigenvalue weighted by molar-refractivity contribution is 6.06. The van der Waals surface area contributed by atoms with Gasteiger partial charge in [-0.2, -0.15) is 5.10 Å². The van der Waals surface area contributed by atoms with Crippen molar-refractivity contribution in [1.29, 1.82) is 0 Å². The highest BCUT2D eigenvalue weighted by Gasteiger charge is 2.15. The van der Waals surface area contributed by atoms with Crippen molar-refractivity contribution in [1.82, 2.24) is 10.7 Å². The van der Waals surface area contributed by atoms with Crippen molar-refractivity contribution in [3.8, 4) is 11.5 Å². The minimum Gasteiger partial charge on any atom is -0.508 e. The SMILES string of the molecule is CCN(CC)c1ccc(/C=C(\NC(=O)c2ccccc2)C(=O)NN=C(C)c2cc(O)ccc2O)cc1. The number of hydrogen-bond acceptors (Lipinski definition) is 6. The van der Waals surface area contributed by atoms with Gasteiger partial charge in [0.25, 0.3) is 11.8 Å². The molecule has 8 heteroatoms. The van der Waals surface area contributed by atoms with E-state index < -0.39 is 11.8 Å². The average Bonchev–Trinajstić information content (AvgIpc) is 2.90. The number of phenolic OH excluding ortho intramolecular Hbond substituents is 2. The van der Waals surface area contributed by atoms with Crippen LogP contribution in [0.1, 0.15) is 42.3 Å². The third-order valence-corrected chi connectivity index (χ3v) is 5.56. The molecule has 3 aromatic rings. The molecule has 4 N–H and O–H groups in total. The molecule has 3 rings (SSSR count). The molecule has 0 spiro atoms. The van der Waals surface area contributed by atoms with E-state index in [4.69, 9.17) is 0 Å². The van der Waals surface area contributed by atoms with Crippen LogP contribution in [-0.2, 0) is 4.79 Å². The number of hydrogen-bond donors (Lipinski definition) is 4. The maximum atomic E-state index is 13.0. The zero-order valence-corrected chi connectivity index (χ0v) is 20.5. The van der Waals surface area contributed by atoms with Gasteiger partial charge in [-0.25, -0.2) is 5.43 Å². The number of nitrogens with one attached hydrogen (secondary N) is 2. The van der Waals surface area contributed by atoms with Gasteiger partial charge in [-0.15, -0.1) is 0 Å². The first-order chi connectivity index (χ1) is 17.3. The zero-order valence-electron chi connectivity index (χ0n) is 20.5. The van der Waals surface area contributed by atoms with Gasteiger partial charge >= 0.3 is 0 Å². The third kappa shape index (κ3) is 6.73. The summed E-state index contributed by atoms with van der Waals surface area (Å²) in [4.78, 5) is 28.0. The smallest absolute Gasteiger partial charge is 0.287 e. The van der Waals surface area contributed by atoms with Gasteiger partial charge in [0.15, 0.2) is 0 Å². The lowest BCUT2D eigenvalue weighted by Gasteiger charge is -2.21. The second-order valence-electron chi connectivity index (χ2n) is 7.98. The van der Waals surface area contributed by atoms with E-state index in [9.17, 15) is 19.8 Å². The molecule has 0 aromatic heterocycles. The minimum absolute atomic E-state index is 0.00359. The van der Waals surface area contributed by atoms with E-state index in [0.717, 1.165) is 24.3 Å². The molecule has 0 aliphatic carbocycles. The Morgan fingerprint density at radius 1 is 0.944 bits per heavy atom. The molecule has 0 saturated carbocycles. The number of carbonyl (C=O) groups excluding carboxylic acids is 2. The van der Waals surface area contributed by atoms with Crippen molar-refractivity contribution in [2.75, 3.05) is 18.0 Å². The summed E-state index contributed by atoms with van der Waals surface area (Å²) in [6.07, 6.45) is 1.57. The van der Waals surface area contributed by atoms with Crippen LogP contribution in [0.15, 0.2) is 83.6 Å². The second kappa shape index (κ2) is 12.2. The Morgan fingerprint density at radius 2 is 1.61 bits per heavy atom. The van der Waals surface area contributed by atoms with Crippen LogP contribution in [0, 0.1) is 0 Å². The lowest BCUT2D eigenvalue weighted by atomic mass is 10.1. The molecule has 0 bridgehead atoms. The van der Waals surface area contributed by atoms with Crippen LogP contribution in [0.5, 0.6) is 11.5 Å². The topological polar surface area (TPSA) is 114 Å². The van der Waals surface area contributed by atoms with Crippen LogP contribution in [0.2, 0.25) is 0 Å². The molecule has 0 unspecified atom stereocenters. The molecule has 0 radical (unpaired) electrons. The van der Waals surface area contributed by atoms with Crippen LogP contribution < -0.4 is 15.6 Å². The van der Waals surface area contributed by atoms with Crippen molar-refractivity contribution in [2.45, 2.75) is 20.8 Å². The first kappa shape index (κ1) is 26.0. The van der Waals surface area contributed by atoms with Crippen LogP contribution in [0.4, 0.5) is 5.69 Å². The summed E-state index contributed by atoms with van der Waals surface area (Å²) in [5.41, 5.74) is 5.13. The molecular weight excluding hydrogens is 456 g/mol. The van der Waals surface area contributed by atoms with Gasteiger partial charge in [0.1, 0.15) is 17.2 Å². The maximum Gasteiger partial charge on any atom is 0.287 e. The molecule has 2 amide bonds. The van der Waals surface area contributed by atoms with Gasteiger partial charge < -0.3 is 20.4 Å². The number of carbonyl (C=O) groups is 2. The number of benzene rings is 3. The Labute approximate surface area is 210 Å². The molecule has 0 aliphatic rings. The standard InChI is InChI=1S/C28H30N4O4/c1-4-32(5-2)22-13-11-20(12-14-22)17-25(29-27(35)21-9-7-6-8-10-21)28(36)31-30-19(3)24-18-23(33)15-16-26(24)34/h6-18,33-34H,4-5H2,1-3H3,(H,29,35)(H,31,36)/b25-17-,30-19?. The van der Waals surface area contributed by atoms with E-state index in [2.05, 4.69) is 34.6 Å². The maximum absolute atomic E-state index is 13.0. The molecule has 0 atom stereocenters. The van der Waals surface area contributed by atoms with E-state index in [0.29, 0.717) is 5.56 Å². The summed E-state index contributed by atoms with van der Waals surface area (Å²) in [5.74, 6) is -1.23. The molecule has 3 aromatic carbocycles. The third-order valence-electron chi connectivity index (χ3n) is 5.56. The fourth-order valence-electron chi connectivity index (χ4n) is 3.55. The van der Waals surface area contributed by atoms with Crippen LogP contribution >= 0.6 is 0 Å². The van der Waals surface area contributed by atoms with Gasteiger partial charge in [-0.3, -0.25) is 9.59 Å². The fourth-order valence-corrected chi connectivity index (χ4v) is 3.55. The summed E-state index contributed by atoms with van der Waals surface area (Å²) in [6.45, 7) is 7.49. The summed E-state index contributed by atoms with van der Waals surface area (Å²) >= 11 is 0. The summed E-state index contributed by atoms with van der Waals surface area (Å²) in [5, 5.41) is 26.4. The average molecular weight is 487 g/mol. The van der Waals surface area contributed by atoms with Crippen LogP contribution in [-0.4, -0.2) is 40.8 Å². The number of phenols is 2. The number of nitrogens with zero attached hydrogens (tertiary/aromatic N) is 2. The molecule has 186 valence electrons. The predicted octanol–water partition coefficient (Wildman–Crippen LogP) is 4.26. The number of amides is 2. The molecule has 0 aliphatic heterocycles. The number of hydrazone groups is 1. The summed E-state index contributed by atoms with van der Waals surface area (Å²) < 4.78 is 0. The van der Waals surface area contributed by atoms with Gasteiger partial charge in [0.05, 0.1) is 5.71 Å². The predicted molar refractivity (Wildman–Crippen MR) is 142 cm³/mol. The Bertz CT molecular complexity index is 1260. The lowest BCUT2D eigenvalue weighted by molar-refractivity contribution is -0.117. The van der Waals surface area contributed by atoms with Crippen molar-refractivity contribution in [2.24, 2.45) is 5.10 Å². The van der Waals surface area contributed by atoms with Crippen molar-refractivity contribution >= 4 is 29.3 Å². The van der Waals surface area contributed by atoms with E-state index in [1.807, 2.05) is 24.3 Å². The molecule has 0 heterocycles. The van der Waals surface area contributed by atoms with Crippen LogP contribution in [0.25, 0.3) is 6.08 Å². The highest BCUT2D eigenvalue weighted by atomic mass is 16.3. The van der Waals surface area contributed by atoms with Crippen molar-refractivity contribution < 1.29 is 19.8 Å². The molecule has 36 heavy (non-hydrogen) atoms. The van der Waals surface area contributed by atoms with Gasteiger partial charge in [-0.1, -0.05) is 30.3 Å². The zero-order chi connectivity index (χ0) is 26.1. The van der Waals surface area contributed by atoms with E-state index in [1.54, 1.807) is 43.3 Å². The minimum atomic E-state index is -0.647. The summed E-state index contributed by atoms with van der Waals surface area (Å²) in [7, 11) is 0. The number of rotatable bonds is 9. The fraction of sp³-hybridized carbons (Fsp3) is 0.179. The highest BCUT2D eigenvalue weighted by Crippen LogP contribution is 2.22.